The molecule has 0 fully saturated rings. The van der Waals surface area contributed by atoms with Crippen molar-refractivity contribution in [2.45, 2.75) is 25.8 Å². The summed E-state index contributed by atoms with van der Waals surface area (Å²) in [7, 11) is 3.67. The molecule has 0 bridgehead atoms. The van der Waals surface area contributed by atoms with Crippen LogP contribution in [0.4, 0.5) is 0 Å². The molecule has 2 aromatic carbocycles. The van der Waals surface area contributed by atoms with Gasteiger partial charge in [0.25, 0.3) is 11.8 Å². The third-order valence-corrected chi connectivity index (χ3v) is 6.33. The molecule has 0 aliphatic carbocycles. The number of nitrogens with one attached hydrogen (secondary N) is 1. The highest BCUT2D eigenvalue weighted by Crippen LogP contribution is 2.24. The largest absolute Gasteiger partial charge is 0.351 e. The van der Waals surface area contributed by atoms with Crippen LogP contribution in [-0.4, -0.2) is 50.9 Å². The number of hydrogen-bond acceptors (Lipinski definition) is 4. The van der Waals surface area contributed by atoms with Crippen molar-refractivity contribution in [3.63, 3.8) is 0 Å². The fourth-order valence-corrected chi connectivity index (χ4v) is 4.28. The zero-order valence-electron chi connectivity index (χ0n) is 20.9. The fraction of sp³-hybridized carbons (Fsp3) is 0.241. The Morgan fingerprint density at radius 1 is 1.00 bits per heavy atom. The summed E-state index contributed by atoms with van der Waals surface area (Å²) in [6.45, 7) is 2.41. The molecule has 2 amide bonds. The van der Waals surface area contributed by atoms with E-state index < -0.39 is 0 Å². The fourth-order valence-electron chi connectivity index (χ4n) is 4.28. The van der Waals surface area contributed by atoms with Crippen LogP contribution in [0.5, 0.6) is 0 Å². The molecule has 1 N–H and O–H groups in total. The predicted molar refractivity (Wildman–Crippen MR) is 141 cm³/mol. The highest BCUT2D eigenvalue weighted by molar-refractivity contribution is 6.00. The molecule has 0 saturated carbocycles. The zero-order valence-corrected chi connectivity index (χ0v) is 20.9. The average molecular weight is 482 g/mol. The molecular weight excluding hydrogens is 450 g/mol. The van der Waals surface area contributed by atoms with Gasteiger partial charge in [0.1, 0.15) is 5.69 Å². The van der Waals surface area contributed by atoms with Crippen LogP contribution in [0.3, 0.4) is 0 Å². The van der Waals surface area contributed by atoms with E-state index in [0.29, 0.717) is 42.0 Å². The lowest BCUT2D eigenvalue weighted by atomic mass is 9.98. The Labute approximate surface area is 211 Å². The van der Waals surface area contributed by atoms with Crippen molar-refractivity contribution in [3.05, 3.63) is 108 Å². The monoisotopic (exact) mass is 481 g/mol. The van der Waals surface area contributed by atoms with Crippen LogP contribution < -0.4 is 5.32 Å². The standard InChI is InChI=1S/C29H31N5O2/c1-21-12-13-24(27-30-15-8-16-31-27)25(19-21)29(36)34(3)23(20-22-9-5-4-6-10-22)14-17-32-28(35)26-11-7-18-33(26)2/h4-13,15-16,18-19,23H,14,17,20H2,1-3H3,(H,32,35). The third-order valence-electron chi connectivity index (χ3n) is 6.33. The van der Waals surface area contributed by atoms with Gasteiger partial charge < -0.3 is 14.8 Å². The summed E-state index contributed by atoms with van der Waals surface area (Å²) >= 11 is 0. The Kier molecular flexibility index (Phi) is 7.90. The highest BCUT2D eigenvalue weighted by atomic mass is 16.2. The molecule has 4 rings (SSSR count). The maximum atomic E-state index is 13.8. The number of hydrogen-bond donors (Lipinski definition) is 1. The number of rotatable bonds is 9. The van der Waals surface area contributed by atoms with Gasteiger partial charge in [0.05, 0.1) is 5.56 Å². The van der Waals surface area contributed by atoms with Gasteiger partial charge in [0, 0.05) is 50.8 Å². The molecule has 0 radical (unpaired) electrons. The van der Waals surface area contributed by atoms with Gasteiger partial charge in [0.15, 0.2) is 5.82 Å². The van der Waals surface area contributed by atoms with Crippen LogP contribution >= 0.6 is 0 Å². The van der Waals surface area contributed by atoms with Gasteiger partial charge in [-0.25, -0.2) is 9.97 Å². The molecule has 0 aliphatic rings. The van der Waals surface area contributed by atoms with Gasteiger partial charge in [-0.1, -0.05) is 48.0 Å². The molecule has 2 aromatic heterocycles. The Hall–Kier alpha value is -4.26. The van der Waals surface area contributed by atoms with Crippen molar-refractivity contribution in [3.8, 4) is 11.4 Å². The number of carbonyl (C=O) groups is 2. The van der Waals surface area contributed by atoms with Crippen LogP contribution in [0.1, 0.15) is 38.4 Å². The van der Waals surface area contributed by atoms with Crippen molar-refractivity contribution < 1.29 is 9.59 Å². The van der Waals surface area contributed by atoms with Gasteiger partial charge in [-0.15, -0.1) is 0 Å². The summed E-state index contributed by atoms with van der Waals surface area (Å²) in [6.07, 6.45) is 6.47. The molecule has 184 valence electrons. The average Bonchev–Trinajstić information content (AvgIpc) is 3.34. The first-order valence-corrected chi connectivity index (χ1v) is 12.0. The second kappa shape index (κ2) is 11.4. The second-order valence-corrected chi connectivity index (χ2v) is 8.93. The molecule has 0 aliphatic heterocycles. The molecule has 2 heterocycles. The van der Waals surface area contributed by atoms with Gasteiger partial charge in [-0.3, -0.25) is 9.59 Å². The molecular formula is C29H31N5O2. The van der Waals surface area contributed by atoms with Crippen molar-refractivity contribution >= 4 is 11.8 Å². The summed E-state index contributed by atoms with van der Waals surface area (Å²) in [5, 5.41) is 3.00. The van der Waals surface area contributed by atoms with E-state index in [0.717, 1.165) is 11.1 Å². The highest BCUT2D eigenvalue weighted by Gasteiger charge is 2.25. The van der Waals surface area contributed by atoms with Crippen molar-refractivity contribution in [2.75, 3.05) is 13.6 Å². The normalized spacial score (nSPS) is 11.6. The summed E-state index contributed by atoms with van der Waals surface area (Å²) in [5.74, 6) is 0.289. The van der Waals surface area contributed by atoms with Crippen LogP contribution in [0, 0.1) is 6.92 Å². The van der Waals surface area contributed by atoms with Gasteiger partial charge in [-0.05, 0) is 49.6 Å². The number of aryl methyl sites for hydroxylation is 2. The van der Waals surface area contributed by atoms with E-state index in [1.807, 2.05) is 69.7 Å². The number of nitrogens with zero attached hydrogens (tertiary/aromatic N) is 4. The first kappa shape index (κ1) is 24.9. The minimum Gasteiger partial charge on any atom is -0.351 e. The van der Waals surface area contributed by atoms with E-state index in [1.165, 1.54) is 0 Å². The Balaban J connectivity index is 1.56. The number of aromatic nitrogens is 3. The Morgan fingerprint density at radius 3 is 2.44 bits per heavy atom. The zero-order chi connectivity index (χ0) is 25.5. The number of benzene rings is 2. The molecule has 7 heteroatoms. The minimum atomic E-state index is -0.128. The summed E-state index contributed by atoms with van der Waals surface area (Å²) in [6, 6.07) is 21.1. The third kappa shape index (κ3) is 5.86. The molecule has 4 aromatic rings. The smallest absolute Gasteiger partial charge is 0.267 e. The van der Waals surface area contributed by atoms with E-state index >= 15 is 0 Å². The van der Waals surface area contributed by atoms with E-state index in [-0.39, 0.29) is 17.9 Å². The van der Waals surface area contributed by atoms with Crippen LogP contribution in [-0.2, 0) is 13.5 Å². The second-order valence-electron chi connectivity index (χ2n) is 8.93. The van der Waals surface area contributed by atoms with Crippen LogP contribution in [0.2, 0.25) is 0 Å². The van der Waals surface area contributed by atoms with Gasteiger partial charge >= 0.3 is 0 Å². The molecule has 0 spiro atoms. The van der Waals surface area contributed by atoms with E-state index in [9.17, 15) is 9.59 Å². The minimum absolute atomic E-state index is 0.101. The van der Waals surface area contributed by atoms with Crippen LogP contribution in [0.25, 0.3) is 11.4 Å². The van der Waals surface area contributed by atoms with E-state index in [4.69, 9.17) is 0 Å². The summed E-state index contributed by atoms with van der Waals surface area (Å²) < 4.78 is 1.79. The molecule has 1 unspecified atom stereocenters. The lowest BCUT2D eigenvalue weighted by Gasteiger charge is -2.29. The number of likely N-dealkylation sites (N-methyl/N-ethyl adjacent to an activating group) is 1. The van der Waals surface area contributed by atoms with Crippen LogP contribution in [0.15, 0.2) is 85.3 Å². The lowest BCUT2D eigenvalue weighted by molar-refractivity contribution is 0.0723. The van der Waals surface area contributed by atoms with Gasteiger partial charge in [0.2, 0.25) is 0 Å². The van der Waals surface area contributed by atoms with E-state index in [2.05, 4.69) is 27.4 Å². The molecule has 0 saturated heterocycles. The van der Waals surface area contributed by atoms with E-state index in [1.54, 1.807) is 34.0 Å². The SMILES string of the molecule is Cc1ccc(-c2ncccn2)c(C(=O)N(C)C(CCNC(=O)c2cccn2C)Cc2ccccc2)c1. The number of amides is 2. The number of carbonyl (C=O) groups excluding carboxylic acids is 2. The molecule has 7 nitrogen and oxygen atoms in total. The lowest BCUT2D eigenvalue weighted by Crippen LogP contribution is -2.41. The van der Waals surface area contributed by atoms with Gasteiger partial charge in [-0.2, -0.15) is 0 Å². The predicted octanol–water partition coefficient (Wildman–Crippen LogP) is 4.29. The summed E-state index contributed by atoms with van der Waals surface area (Å²) in [5.41, 5.74) is 3.99. The first-order valence-electron chi connectivity index (χ1n) is 12.0. The van der Waals surface area contributed by atoms with Crippen molar-refractivity contribution in [1.29, 1.82) is 0 Å². The topological polar surface area (TPSA) is 80.1 Å². The quantitative estimate of drug-likeness (QED) is 0.387. The van der Waals surface area contributed by atoms with Crippen molar-refractivity contribution in [2.24, 2.45) is 7.05 Å². The molecule has 1 atom stereocenters. The Bertz CT molecular complexity index is 1320. The first-order chi connectivity index (χ1) is 17.4. The summed E-state index contributed by atoms with van der Waals surface area (Å²) in [4.78, 5) is 36.9. The maximum absolute atomic E-state index is 13.8. The molecule has 36 heavy (non-hydrogen) atoms. The maximum Gasteiger partial charge on any atom is 0.267 e. The Morgan fingerprint density at radius 2 is 1.75 bits per heavy atom. The van der Waals surface area contributed by atoms with Crippen molar-refractivity contribution in [1.82, 2.24) is 24.8 Å².